The number of esters is 6. The third kappa shape index (κ3) is 10.2. The molecule has 9 atom stereocenters. The van der Waals surface area contributed by atoms with Crippen molar-refractivity contribution in [2.75, 3.05) is 42.7 Å². The van der Waals surface area contributed by atoms with Crippen LogP contribution >= 0.6 is 0 Å². The topological polar surface area (TPSA) is 254 Å². The Balaban J connectivity index is 1.92. The van der Waals surface area contributed by atoms with Gasteiger partial charge in [-0.05, 0) is 78.4 Å². The Morgan fingerprint density at radius 1 is 0.645 bits per heavy atom. The van der Waals surface area contributed by atoms with Crippen molar-refractivity contribution in [3.63, 3.8) is 0 Å². The summed E-state index contributed by atoms with van der Waals surface area (Å²) in [4.78, 5) is 130. The molecule has 1 fully saturated rings. The minimum Gasteiger partial charge on any atom is -0.469 e. The van der Waals surface area contributed by atoms with E-state index in [0.29, 0.717) is 39.7 Å². The Hall–Kier alpha value is -6.21. The molecule has 0 aromatic rings. The first kappa shape index (κ1) is 59.0. The highest BCUT2D eigenvalue weighted by atomic mass is 16.6. The minimum atomic E-state index is -1.32. The fraction of sp³-hybridized carbons (Fsp3) is 0.696. The molecule has 6 aliphatic rings. The van der Waals surface area contributed by atoms with Gasteiger partial charge in [0.25, 0.3) is 0 Å². The Labute approximate surface area is 446 Å². The van der Waals surface area contributed by atoms with Crippen molar-refractivity contribution in [2.24, 2.45) is 60.3 Å². The molecule has 1 saturated heterocycles. The highest BCUT2D eigenvalue weighted by molar-refractivity contribution is 6.16. The van der Waals surface area contributed by atoms with E-state index in [2.05, 4.69) is 5.32 Å². The summed E-state index contributed by atoms with van der Waals surface area (Å²) < 4.78 is 37.9. The lowest BCUT2D eigenvalue weighted by Gasteiger charge is -2.48. The summed E-state index contributed by atoms with van der Waals surface area (Å²) in [5.41, 5.74) is -3.48. The number of allylic oxidation sites excluding steroid dienone is 6. The number of ether oxygens (including phenoxy) is 7. The molecule has 20 nitrogen and oxygen atoms in total. The Bertz CT molecular complexity index is 2650. The van der Waals surface area contributed by atoms with Crippen LogP contribution in [0, 0.1) is 45.3 Å². The van der Waals surface area contributed by atoms with Gasteiger partial charge >= 0.3 is 41.9 Å². The first-order valence-electron chi connectivity index (χ1n) is 26.1. The van der Waals surface area contributed by atoms with E-state index in [1.165, 1.54) is 42.7 Å². The first-order chi connectivity index (χ1) is 35.4. The summed E-state index contributed by atoms with van der Waals surface area (Å²) in [5, 5.41) is 3.91. The standard InChI is InChI=1S/C56H79N5O15/c1-29-42-31(19-22-36(63)70-12)52(6,7)49(57-42)45-44-32(18-21-35(62)61(45)50(69)76-51(3,4)5)54(9,27-40(67)74-16)47(58-44)30(2)43-33(20-23-37(64)71-13)55(10,28-41(68)75-17)56(11,60-43)48-34(26-39(66)73-15)53(8,46(29)59-48)25-24-38(65)72-14/h31-34,48,60H,18-28H2,1-17H3/b42-29-,43-30-/t31-,32-,33-,34+,48?,53-,54+,55+,56+/m1/s1. The number of nitrogens with one attached hydrogen (secondary N) is 1. The first-order valence-corrected chi connectivity index (χ1v) is 26.1. The molecule has 0 spiro atoms. The van der Waals surface area contributed by atoms with Crippen LogP contribution in [0.25, 0.3) is 0 Å². The van der Waals surface area contributed by atoms with Crippen LogP contribution < -0.4 is 5.32 Å². The van der Waals surface area contributed by atoms with Crippen LogP contribution in [0.15, 0.2) is 48.9 Å². The molecule has 0 aromatic carbocycles. The number of rotatable bonds is 15. The van der Waals surface area contributed by atoms with Gasteiger partial charge in [-0.3, -0.25) is 48.5 Å². The number of carbonyl (C=O) groups is 8. The van der Waals surface area contributed by atoms with Crippen LogP contribution in [-0.2, 0) is 66.7 Å². The summed E-state index contributed by atoms with van der Waals surface area (Å²) in [6.07, 6.45) is -1.46. The number of fused-ring (bicyclic) bond motifs is 6. The fourth-order valence-corrected chi connectivity index (χ4v) is 13.4. The van der Waals surface area contributed by atoms with E-state index in [0.717, 1.165) is 4.90 Å². The SMILES string of the molecule is COC(=O)CC[C@@H]1/C2=C(\C)C3=NC([C@H](CC(=O)OC)[C@@]3(C)CCC(=O)OC)[C@]3(C)N/C(=C(/C)C4=NC5=C(C(=N2)C1(C)C)N(C(=O)OC(C)(C)C)C(=O)CC[C@H]5[C@]4(C)CC(=O)OC)[C@@H](CCC(=O)OC)[C@]3(C)CC(=O)OC. The quantitative estimate of drug-likeness (QED) is 0.123. The molecule has 1 N–H and O–H groups in total. The molecule has 2 amide bonds. The average molecular weight is 1060 g/mol. The summed E-state index contributed by atoms with van der Waals surface area (Å²) in [7, 11) is 7.76. The predicted molar refractivity (Wildman–Crippen MR) is 278 cm³/mol. The van der Waals surface area contributed by atoms with Gasteiger partial charge in [-0.2, -0.15) is 0 Å². The number of hydrogen-bond acceptors (Lipinski definition) is 19. The zero-order valence-corrected chi connectivity index (χ0v) is 47.6. The van der Waals surface area contributed by atoms with E-state index in [9.17, 15) is 38.4 Å². The molecule has 0 radical (unpaired) electrons. The summed E-state index contributed by atoms with van der Waals surface area (Å²) in [5.74, 6) is -6.63. The molecule has 418 valence electrons. The maximum absolute atomic E-state index is 15.0. The van der Waals surface area contributed by atoms with Gasteiger partial charge in [-0.15, -0.1) is 0 Å². The molecule has 6 rings (SSSR count). The number of aliphatic imine (C=N–C) groups is 3. The van der Waals surface area contributed by atoms with Crippen LogP contribution in [0.5, 0.6) is 0 Å². The second-order valence-corrected chi connectivity index (χ2v) is 23.5. The summed E-state index contributed by atoms with van der Waals surface area (Å²) in [6, 6.07) is -0.914. The van der Waals surface area contributed by atoms with Gasteiger partial charge in [0.15, 0.2) is 0 Å². The molecule has 76 heavy (non-hydrogen) atoms. The van der Waals surface area contributed by atoms with Crippen molar-refractivity contribution in [3.05, 3.63) is 33.9 Å². The van der Waals surface area contributed by atoms with E-state index < -0.39 is 110 Å². The van der Waals surface area contributed by atoms with Crippen molar-refractivity contribution >= 4 is 65.0 Å². The maximum atomic E-state index is 15.0. The molecule has 6 aliphatic heterocycles. The lowest BCUT2D eigenvalue weighted by molar-refractivity contribution is -0.147. The van der Waals surface area contributed by atoms with E-state index in [1.807, 2.05) is 55.4 Å². The van der Waals surface area contributed by atoms with Gasteiger partial charge in [0.1, 0.15) is 5.60 Å². The van der Waals surface area contributed by atoms with E-state index >= 15 is 0 Å². The molecule has 0 aromatic heterocycles. The van der Waals surface area contributed by atoms with Crippen molar-refractivity contribution in [1.82, 2.24) is 10.2 Å². The predicted octanol–water partition coefficient (Wildman–Crippen LogP) is 7.47. The third-order valence-electron chi connectivity index (χ3n) is 17.8. The smallest absolute Gasteiger partial charge is 0.421 e. The number of methoxy groups -OCH3 is 6. The van der Waals surface area contributed by atoms with Crippen molar-refractivity contribution in [1.29, 1.82) is 0 Å². The molecular weight excluding hydrogens is 983 g/mol. The average Bonchev–Trinajstić information content (AvgIpc) is 3.94. The number of nitrogens with zero attached hydrogens (tertiary/aromatic N) is 4. The molecule has 20 heteroatoms. The second-order valence-electron chi connectivity index (χ2n) is 23.5. The fourth-order valence-electron chi connectivity index (χ4n) is 13.4. The minimum absolute atomic E-state index is 0.0554. The number of imide groups is 1. The lowest BCUT2D eigenvalue weighted by Crippen LogP contribution is -2.60. The maximum Gasteiger partial charge on any atom is 0.421 e. The molecule has 8 bridgehead atoms. The number of amides is 2. The summed E-state index contributed by atoms with van der Waals surface area (Å²) in [6.45, 7) is 20.3. The third-order valence-corrected chi connectivity index (χ3v) is 17.8. The zero-order chi connectivity index (χ0) is 56.8. The van der Waals surface area contributed by atoms with Crippen molar-refractivity contribution < 1.29 is 71.5 Å². The number of hydrogen-bond donors (Lipinski definition) is 1. The largest absolute Gasteiger partial charge is 0.469 e. The van der Waals surface area contributed by atoms with Crippen LogP contribution in [0.4, 0.5) is 4.79 Å². The van der Waals surface area contributed by atoms with Gasteiger partial charge in [0, 0.05) is 88.1 Å². The normalized spacial score (nSPS) is 32.4. The van der Waals surface area contributed by atoms with Crippen molar-refractivity contribution in [3.8, 4) is 0 Å². The van der Waals surface area contributed by atoms with Gasteiger partial charge < -0.3 is 38.5 Å². The molecule has 1 unspecified atom stereocenters. The highest BCUT2D eigenvalue weighted by Gasteiger charge is 2.67. The molecule has 6 heterocycles. The van der Waals surface area contributed by atoms with Crippen LogP contribution in [0.3, 0.4) is 0 Å². The monoisotopic (exact) mass is 1060 g/mol. The van der Waals surface area contributed by atoms with Gasteiger partial charge in [-0.25, -0.2) is 9.69 Å². The molecular formula is C56H79N5O15. The van der Waals surface area contributed by atoms with E-state index in [4.69, 9.17) is 48.1 Å². The Kier molecular flexibility index (Phi) is 16.8. The van der Waals surface area contributed by atoms with Crippen LogP contribution in [0.1, 0.15) is 147 Å². The number of carbonyl (C=O) groups excluding carboxylic acids is 8. The van der Waals surface area contributed by atoms with Crippen molar-refractivity contribution in [2.45, 2.75) is 164 Å². The Morgan fingerprint density at radius 3 is 1.72 bits per heavy atom. The zero-order valence-electron chi connectivity index (χ0n) is 47.6. The molecule has 0 saturated carbocycles. The van der Waals surface area contributed by atoms with Gasteiger partial charge in [0.2, 0.25) is 5.91 Å². The summed E-state index contributed by atoms with van der Waals surface area (Å²) >= 11 is 0. The van der Waals surface area contributed by atoms with E-state index in [1.54, 1.807) is 20.8 Å². The van der Waals surface area contributed by atoms with E-state index in [-0.39, 0.29) is 82.0 Å². The van der Waals surface area contributed by atoms with Gasteiger partial charge in [0.05, 0.1) is 96.3 Å². The van der Waals surface area contributed by atoms with Crippen LogP contribution in [0.2, 0.25) is 0 Å². The highest BCUT2D eigenvalue weighted by Crippen LogP contribution is 2.63. The Morgan fingerprint density at radius 2 is 1.17 bits per heavy atom. The van der Waals surface area contributed by atoms with Crippen LogP contribution in [-0.4, -0.2) is 130 Å². The lowest BCUT2D eigenvalue weighted by atomic mass is 9.56. The second kappa shape index (κ2) is 21.7. The van der Waals surface area contributed by atoms with Gasteiger partial charge in [-0.1, -0.05) is 34.6 Å². The molecule has 0 aliphatic carbocycles.